The van der Waals surface area contributed by atoms with E-state index in [0.29, 0.717) is 23.5 Å². The van der Waals surface area contributed by atoms with E-state index in [2.05, 4.69) is 10.4 Å². The van der Waals surface area contributed by atoms with Gasteiger partial charge < -0.3 is 10.1 Å². The summed E-state index contributed by atoms with van der Waals surface area (Å²) in [5.41, 5.74) is 3.44. The number of benzene rings is 2. The highest BCUT2D eigenvalue weighted by atomic mass is 16.6. The molecule has 0 atom stereocenters. The lowest BCUT2D eigenvalue weighted by Crippen LogP contribution is -2.13. The van der Waals surface area contributed by atoms with Crippen LogP contribution in [0.1, 0.15) is 27.3 Å². The standard InChI is InChI=1S/C20H20N4O4/c1-13-19(21-20(25)16-7-9-17(10-8-16)24(26)27)14(2)23(22-13)12-15-5-4-6-18(11-15)28-3/h4-11H,12H2,1-3H3,(H,21,25). The number of carbonyl (C=O) groups is 1. The summed E-state index contributed by atoms with van der Waals surface area (Å²) in [5.74, 6) is 0.424. The van der Waals surface area contributed by atoms with Crippen LogP contribution >= 0.6 is 0 Å². The Hall–Kier alpha value is -3.68. The van der Waals surface area contributed by atoms with E-state index >= 15 is 0 Å². The highest BCUT2D eigenvalue weighted by molar-refractivity contribution is 6.05. The predicted octanol–water partition coefficient (Wildman–Crippen LogP) is 3.72. The van der Waals surface area contributed by atoms with Gasteiger partial charge in [0, 0.05) is 17.7 Å². The van der Waals surface area contributed by atoms with E-state index in [1.54, 1.807) is 7.11 Å². The van der Waals surface area contributed by atoms with Gasteiger partial charge in [-0.2, -0.15) is 5.10 Å². The highest BCUT2D eigenvalue weighted by Gasteiger charge is 2.16. The number of nitrogens with one attached hydrogen (secondary N) is 1. The van der Waals surface area contributed by atoms with Gasteiger partial charge in [0.15, 0.2) is 0 Å². The van der Waals surface area contributed by atoms with Crippen LogP contribution in [0.5, 0.6) is 5.75 Å². The van der Waals surface area contributed by atoms with E-state index in [1.165, 1.54) is 24.3 Å². The lowest BCUT2D eigenvalue weighted by atomic mass is 10.2. The molecular weight excluding hydrogens is 360 g/mol. The number of rotatable bonds is 6. The molecule has 0 spiro atoms. The van der Waals surface area contributed by atoms with Crippen LogP contribution in [-0.2, 0) is 6.54 Å². The molecule has 1 heterocycles. The summed E-state index contributed by atoms with van der Waals surface area (Å²) < 4.78 is 7.06. The van der Waals surface area contributed by atoms with E-state index in [0.717, 1.165) is 17.0 Å². The van der Waals surface area contributed by atoms with Crippen LogP contribution < -0.4 is 10.1 Å². The Kier molecular flexibility index (Phi) is 5.39. The summed E-state index contributed by atoms with van der Waals surface area (Å²) in [5, 5.41) is 18.1. The molecule has 1 amide bonds. The highest BCUT2D eigenvalue weighted by Crippen LogP contribution is 2.23. The van der Waals surface area contributed by atoms with Crippen molar-refractivity contribution in [2.75, 3.05) is 12.4 Å². The Labute approximate surface area is 161 Å². The number of aryl methyl sites for hydroxylation is 1. The zero-order valence-corrected chi connectivity index (χ0v) is 15.8. The molecule has 8 nitrogen and oxygen atoms in total. The molecule has 2 aromatic carbocycles. The zero-order valence-electron chi connectivity index (χ0n) is 15.8. The molecule has 8 heteroatoms. The van der Waals surface area contributed by atoms with E-state index in [-0.39, 0.29) is 11.6 Å². The Morgan fingerprint density at radius 2 is 1.93 bits per heavy atom. The van der Waals surface area contributed by atoms with Crippen LogP contribution in [0.15, 0.2) is 48.5 Å². The number of ether oxygens (including phenoxy) is 1. The minimum absolute atomic E-state index is 0.0602. The number of amides is 1. The lowest BCUT2D eigenvalue weighted by Gasteiger charge is -2.08. The van der Waals surface area contributed by atoms with Crippen molar-refractivity contribution >= 4 is 17.3 Å². The number of non-ortho nitro benzene ring substituents is 1. The van der Waals surface area contributed by atoms with Crippen molar-refractivity contribution in [2.45, 2.75) is 20.4 Å². The largest absolute Gasteiger partial charge is 0.497 e. The molecule has 28 heavy (non-hydrogen) atoms. The van der Waals surface area contributed by atoms with Crippen LogP contribution in [0, 0.1) is 24.0 Å². The fourth-order valence-electron chi connectivity index (χ4n) is 2.90. The number of nitro benzene ring substituents is 1. The van der Waals surface area contributed by atoms with Gasteiger partial charge in [-0.05, 0) is 43.7 Å². The van der Waals surface area contributed by atoms with Crippen LogP contribution in [0.2, 0.25) is 0 Å². The SMILES string of the molecule is COc1cccc(Cn2nc(C)c(NC(=O)c3ccc([N+](=O)[O-])cc3)c2C)c1. The summed E-state index contributed by atoms with van der Waals surface area (Å²) >= 11 is 0. The smallest absolute Gasteiger partial charge is 0.269 e. The predicted molar refractivity (Wildman–Crippen MR) is 105 cm³/mol. The van der Waals surface area contributed by atoms with Crippen molar-refractivity contribution in [1.29, 1.82) is 0 Å². The van der Waals surface area contributed by atoms with Gasteiger partial charge in [0.2, 0.25) is 0 Å². The van der Waals surface area contributed by atoms with Crippen LogP contribution in [0.4, 0.5) is 11.4 Å². The Morgan fingerprint density at radius 3 is 2.57 bits per heavy atom. The first-order valence-corrected chi connectivity index (χ1v) is 8.61. The molecule has 0 saturated carbocycles. The molecule has 0 aliphatic carbocycles. The first-order valence-electron chi connectivity index (χ1n) is 8.61. The number of carbonyl (C=O) groups excluding carboxylic acids is 1. The maximum atomic E-state index is 12.5. The number of methoxy groups -OCH3 is 1. The number of hydrogen-bond donors (Lipinski definition) is 1. The minimum atomic E-state index is -0.501. The average Bonchev–Trinajstić information content (AvgIpc) is 2.95. The van der Waals surface area contributed by atoms with Crippen LogP contribution in [0.3, 0.4) is 0 Å². The minimum Gasteiger partial charge on any atom is -0.497 e. The van der Waals surface area contributed by atoms with Gasteiger partial charge in [0.05, 0.1) is 35.7 Å². The molecule has 0 fully saturated rings. The lowest BCUT2D eigenvalue weighted by molar-refractivity contribution is -0.384. The number of nitrogens with zero attached hydrogens (tertiary/aromatic N) is 3. The summed E-state index contributed by atoms with van der Waals surface area (Å²) in [7, 11) is 1.62. The average molecular weight is 380 g/mol. The van der Waals surface area contributed by atoms with Gasteiger partial charge in [-0.25, -0.2) is 0 Å². The third-order valence-electron chi connectivity index (χ3n) is 4.43. The third kappa shape index (κ3) is 4.01. The molecule has 1 N–H and O–H groups in total. The van der Waals surface area contributed by atoms with Crippen molar-refractivity contribution in [3.05, 3.63) is 81.2 Å². The summed E-state index contributed by atoms with van der Waals surface area (Å²) in [6.45, 7) is 4.24. The zero-order chi connectivity index (χ0) is 20.3. The van der Waals surface area contributed by atoms with Gasteiger partial charge in [0.25, 0.3) is 11.6 Å². The number of aromatic nitrogens is 2. The summed E-state index contributed by atoms with van der Waals surface area (Å²) in [4.78, 5) is 22.8. The van der Waals surface area contributed by atoms with Gasteiger partial charge in [-0.1, -0.05) is 12.1 Å². The molecule has 0 saturated heterocycles. The second-order valence-corrected chi connectivity index (χ2v) is 6.31. The van der Waals surface area contributed by atoms with E-state index < -0.39 is 4.92 Å². The molecule has 0 aliphatic rings. The fraction of sp³-hybridized carbons (Fsp3) is 0.200. The first-order chi connectivity index (χ1) is 13.4. The number of hydrogen-bond acceptors (Lipinski definition) is 5. The van der Waals surface area contributed by atoms with Crippen LogP contribution in [-0.4, -0.2) is 27.7 Å². The second-order valence-electron chi connectivity index (χ2n) is 6.31. The monoisotopic (exact) mass is 380 g/mol. The van der Waals surface area contributed by atoms with E-state index in [4.69, 9.17) is 4.74 Å². The molecule has 3 rings (SSSR count). The van der Waals surface area contributed by atoms with Crippen molar-refractivity contribution in [2.24, 2.45) is 0 Å². The van der Waals surface area contributed by atoms with Gasteiger partial charge in [-0.3, -0.25) is 19.6 Å². The van der Waals surface area contributed by atoms with Gasteiger partial charge >= 0.3 is 0 Å². The topological polar surface area (TPSA) is 99.3 Å². The molecular formula is C20H20N4O4. The normalized spacial score (nSPS) is 10.5. The molecule has 0 unspecified atom stereocenters. The van der Waals surface area contributed by atoms with E-state index in [1.807, 2.05) is 42.8 Å². The van der Waals surface area contributed by atoms with Crippen molar-refractivity contribution in [3.8, 4) is 5.75 Å². The third-order valence-corrected chi connectivity index (χ3v) is 4.43. The van der Waals surface area contributed by atoms with Crippen LogP contribution in [0.25, 0.3) is 0 Å². The second kappa shape index (κ2) is 7.91. The molecule has 3 aromatic rings. The fourth-order valence-corrected chi connectivity index (χ4v) is 2.90. The Bertz CT molecular complexity index is 1030. The Morgan fingerprint density at radius 1 is 1.21 bits per heavy atom. The first kappa shape index (κ1) is 19.1. The molecule has 1 aromatic heterocycles. The number of anilines is 1. The van der Waals surface area contributed by atoms with E-state index in [9.17, 15) is 14.9 Å². The van der Waals surface area contributed by atoms with Crippen molar-refractivity contribution in [1.82, 2.24) is 9.78 Å². The van der Waals surface area contributed by atoms with Gasteiger partial charge in [0.1, 0.15) is 5.75 Å². The Balaban J connectivity index is 1.79. The maximum absolute atomic E-state index is 12.5. The summed E-state index contributed by atoms with van der Waals surface area (Å²) in [6, 6.07) is 13.2. The summed E-state index contributed by atoms with van der Waals surface area (Å²) in [6.07, 6.45) is 0. The quantitative estimate of drug-likeness (QED) is 0.519. The molecule has 0 aliphatic heterocycles. The number of nitro groups is 1. The van der Waals surface area contributed by atoms with Gasteiger partial charge in [-0.15, -0.1) is 0 Å². The molecule has 0 bridgehead atoms. The molecule has 0 radical (unpaired) electrons. The van der Waals surface area contributed by atoms with Crippen molar-refractivity contribution in [3.63, 3.8) is 0 Å². The van der Waals surface area contributed by atoms with Crippen molar-refractivity contribution < 1.29 is 14.5 Å². The maximum Gasteiger partial charge on any atom is 0.269 e. The molecule has 144 valence electrons.